The van der Waals surface area contributed by atoms with Crippen molar-refractivity contribution in [1.82, 2.24) is 4.98 Å². The molecule has 0 N–H and O–H groups in total. The molecular weight excluding hydrogens is 157 g/mol. The molecule has 0 aromatic carbocycles. The lowest BCUT2D eigenvalue weighted by Gasteiger charge is -1.92. The van der Waals surface area contributed by atoms with Gasteiger partial charge in [-0.3, -0.25) is 4.98 Å². The zero-order chi connectivity index (χ0) is 7.40. The van der Waals surface area contributed by atoms with E-state index in [0.717, 1.165) is 11.3 Å². The number of carbonyl (C=O) groups excluding carboxylic acids is 1. The summed E-state index contributed by atoms with van der Waals surface area (Å²) >= 11 is 1.12. The molecule has 1 aromatic rings. The van der Waals surface area contributed by atoms with Crippen molar-refractivity contribution in [3.8, 4) is 0 Å². The van der Waals surface area contributed by atoms with Crippen LogP contribution in [-0.4, -0.2) is 17.8 Å². The monoisotopic (exact) mass is 161 g/mol. The smallest absolute Gasteiger partial charge is 0.352 e. The maximum Gasteiger partial charge on any atom is 0.352 e. The van der Waals surface area contributed by atoms with Crippen molar-refractivity contribution in [1.29, 1.82) is 0 Å². The maximum absolute atomic E-state index is 11.4. The summed E-state index contributed by atoms with van der Waals surface area (Å²) in [4.78, 5) is 14.6. The summed E-state index contributed by atoms with van der Waals surface area (Å²) in [5, 5.41) is 0. The van der Waals surface area contributed by atoms with E-state index in [1.807, 2.05) is 0 Å². The van der Waals surface area contributed by atoms with Gasteiger partial charge in [-0.15, -0.1) is 11.3 Å². The van der Waals surface area contributed by atoms with Crippen LogP contribution in [0.25, 0.3) is 0 Å². The van der Waals surface area contributed by atoms with Crippen LogP contribution in [0.15, 0.2) is 11.7 Å². The predicted octanol–water partition coefficient (Wildman–Crippen LogP) is 1.23. The van der Waals surface area contributed by atoms with E-state index in [0.29, 0.717) is 4.88 Å². The van der Waals surface area contributed by atoms with Gasteiger partial charge >= 0.3 is 5.97 Å². The number of halogens is 1. The third-order valence-electron chi connectivity index (χ3n) is 0.819. The highest BCUT2D eigenvalue weighted by Gasteiger charge is 2.06. The number of ether oxygens (including phenoxy) is 1. The van der Waals surface area contributed by atoms with Crippen molar-refractivity contribution in [2.45, 2.75) is 0 Å². The molecule has 0 spiro atoms. The van der Waals surface area contributed by atoms with E-state index >= 15 is 0 Å². The summed E-state index contributed by atoms with van der Waals surface area (Å²) in [5.74, 6) is -0.662. The molecule has 5 heteroatoms. The van der Waals surface area contributed by atoms with Crippen LogP contribution in [-0.2, 0) is 4.74 Å². The van der Waals surface area contributed by atoms with Crippen molar-refractivity contribution < 1.29 is 13.9 Å². The molecule has 1 rings (SSSR count). The molecule has 1 aromatic heterocycles. The highest BCUT2D eigenvalue weighted by atomic mass is 32.1. The lowest BCUT2D eigenvalue weighted by molar-refractivity contribution is 0.0329. The van der Waals surface area contributed by atoms with Crippen molar-refractivity contribution in [3.63, 3.8) is 0 Å². The topological polar surface area (TPSA) is 39.2 Å². The Morgan fingerprint density at radius 2 is 2.70 bits per heavy atom. The van der Waals surface area contributed by atoms with Gasteiger partial charge in [0.05, 0.1) is 11.7 Å². The van der Waals surface area contributed by atoms with Gasteiger partial charge < -0.3 is 4.74 Å². The fraction of sp³-hybridized carbons (Fsp3) is 0.200. The minimum atomic E-state index is -1.09. The van der Waals surface area contributed by atoms with Crippen molar-refractivity contribution >= 4 is 17.3 Å². The summed E-state index contributed by atoms with van der Waals surface area (Å²) in [6.07, 6.45) is 1.34. The van der Waals surface area contributed by atoms with E-state index < -0.39 is 12.8 Å². The number of hydrogen-bond acceptors (Lipinski definition) is 4. The molecule has 0 amide bonds. The van der Waals surface area contributed by atoms with E-state index in [1.54, 1.807) is 0 Å². The zero-order valence-electron chi connectivity index (χ0n) is 4.91. The number of hydrogen-bond donors (Lipinski definition) is 0. The molecule has 54 valence electrons. The van der Waals surface area contributed by atoms with Crippen molar-refractivity contribution in [2.75, 3.05) is 6.86 Å². The number of aromatic nitrogens is 1. The zero-order valence-corrected chi connectivity index (χ0v) is 5.73. The van der Waals surface area contributed by atoms with Crippen LogP contribution in [0.5, 0.6) is 0 Å². The molecule has 0 unspecified atom stereocenters. The van der Waals surface area contributed by atoms with Crippen LogP contribution in [0.1, 0.15) is 9.67 Å². The highest BCUT2D eigenvalue weighted by molar-refractivity contribution is 7.11. The Bertz CT molecular complexity index is 211. The lowest BCUT2D eigenvalue weighted by Crippen LogP contribution is -2.00. The predicted molar refractivity (Wildman–Crippen MR) is 33.5 cm³/mol. The molecule has 10 heavy (non-hydrogen) atoms. The van der Waals surface area contributed by atoms with Crippen LogP contribution in [0.3, 0.4) is 0 Å². The second kappa shape index (κ2) is 3.26. The van der Waals surface area contributed by atoms with Crippen LogP contribution in [0.4, 0.5) is 4.39 Å². The van der Waals surface area contributed by atoms with Crippen LogP contribution >= 0.6 is 11.3 Å². The SMILES string of the molecule is O=C(OCF)c1cncs1. The molecule has 0 aliphatic rings. The summed E-state index contributed by atoms with van der Waals surface area (Å²) in [7, 11) is 0. The average molecular weight is 161 g/mol. The van der Waals surface area contributed by atoms with Gasteiger partial charge in [-0.05, 0) is 0 Å². The Labute approximate surface area is 60.5 Å². The number of thiazole rings is 1. The van der Waals surface area contributed by atoms with Gasteiger partial charge in [0.1, 0.15) is 4.88 Å². The molecule has 0 atom stereocenters. The molecule has 0 aliphatic carbocycles. The first-order valence-electron chi connectivity index (χ1n) is 2.46. The van der Waals surface area contributed by atoms with Crippen molar-refractivity contribution in [2.24, 2.45) is 0 Å². The Morgan fingerprint density at radius 3 is 3.20 bits per heavy atom. The van der Waals surface area contributed by atoms with Gasteiger partial charge in [-0.25, -0.2) is 9.18 Å². The maximum atomic E-state index is 11.4. The van der Waals surface area contributed by atoms with Gasteiger partial charge in [-0.1, -0.05) is 0 Å². The third-order valence-corrected chi connectivity index (χ3v) is 1.57. The second-order valence-electron chi connectivity index (χ2n) is 1.41. The fourth-order valence-corrected chi connectivity index (χ4v) is 0.949. The van der Waals surface area contributed by atoms with Gasteiger partial charge in [0, 0.05) is 0 Å². The van der Waals surface area contributed by atoms with E-state index in [-0.39, 0.29) is 0 Å². The largest absolute Gasteiger partial charge is 0.429 e. The summed E-state index contributed by atoms with van der Waals surface area (Å²) in [5.41, 5.74) is 1.48. The normalized spacial score (nSPS) is 9.30. The summed E-state index contributed by atoms with van der Waals surface area (Å²) in [6.45, 7) is -1.09. The van der Waals surface area contributed by atoms with Gasteiger partial charge in [0.2, 0.25) is 6.86 Å². The molecule has 0 saturated carbocycles. The quantitative estimate of drug-likeness (QED) is 0.612. The van der Waals surface area contributed by atoms with Crippen molar-refractivity contribution in [3.05, 3.63) is 16.6 Å². The summed E-state index contributed by atoms with van der Waals surface area (Å²) < 4.78 is 15.4. The number of rotatable bonds is 2. The lowest BCUT2D eigenvalue weighted by atomic mass is 10.6. The van der Waals surface area contributed by atoms with Gasteiger partial charge in [0.25, 0.3) is 0 Å². The number of nitrogens with zero attached hydrogens (tertiary/aromatic N) is 1. The minimum Gasteiger partial charge on any atom is -0.429 e. The van der Waals surface area contributed by atoms with E-state index in [2.05, 4.69) is 9.72 Å². The standard InChI is InChI=1S/C5H4FNO2S/c6-2-9-5(8)4-1-7-3-10-4/h1,3H,2H2. The summed E-state index contributed by atoms with van der Waals surface area (Å²) in [6, 6.07) is 0. The average Bonchev–Trinajstić information content (AvgIpc) is 2.38. The highest BCUT2D eigenvalue weighted by Crippen LogP contribution is 2.06. The van der Waals surface area contributed by atoms with Crippen LogP contribution in [0.2, 0.25) is 0 Å². The number of alkyl halides is 1. The molecule has 0 bridgehead atoms. The minimum absolute atomic E-state index is 0.317. The first-order chi connectivity index (χ1) is 4.84. The fourth-order valence-electron chi connectivity index (χ4n) is 0.437. The molecule has 3 nitrogen and oxygen atoms in total. The van der Waals surface area contributed by atoms with Gasteiger partial charge in [-0.2, -0.15) is 0 Å². The molecule has 0 saturated heterocycles. The van der Waals surface area contributed by atoms with Crippen LogP contribution in [0, 0.1) is 0 Å². The van der Waals surface area contributed by atoms with Gasteiger partial charge in [0.15, 0.2) is 0 Å². The molecule has 0 radical (unpaired) electrons. The number of carbonyl (C=O) groups is 1. The Morgan fingerprint density at radius 1 is 1.90 bits per heavy atom. The molecule has 1 heterocycles. The third kappa shape index (κ3) is 1.51. The Kier molecular flexibility index (Phi) is 2.33. The molecule has 0 aliphatic heterocycles. The van der Waals surface area contributed by atoms with E-state index in [9.17, 15) is 9.18 Å². The second-order valence-corrected chi connectivity index (χ2v) is 2.29. The first-order valence-corrected chi connectivity index (χ1v) is 3.34. The Balaban J connectivity index is 2.59. The number of esters is 1. The van der Waals surface area contributed by atoms with E-state index in [1.165, 1.54) is 11.7 Å². The van der Waals surface area contributed by atoms with Crippen LogP contribution < -0.4 is 0 Å². The molecular formula is C5H4FNO2S. The van der Waals surface area contributed by atoms with E-state index in [4.69, 9.17) is 0 Å². The first kappa shape index (κ1) is 7.14. The molecule has 0 fully saturated rings. The Hall–Kier alpha value is -0.970.